The summed E-state index contributed by atoms with van der Waals surface area (Å²) in [5.74, 6) is 2.33. The quantitative estimate of drug-likeness (QED) is 0.419. The van der Waals surface area contributed by atoms with Crippen molar-refractivity contribution in [3.63, 3.8) is 0 Å². The van der Waals surface area contributed by atoms with Crippen LogP contribution in [-0.4, -0.2) is 19.9 Å². The summed E-state index contributed by atoms with van der Waals surface area (Å²) in [6.45, 7) is 5.68. The SMILES string of the molecule is Cc1cccc(Oc2cc(Oc3cccc(C)n3)nc(Oc3cccc(C)n3)c2)n1. The summed E-state index contributed by atoms with van der Waals surface area (Å²) in [4.78, 5) is 17.5. The minimum Gasteiger partial charge on any atom is -0.439 e. The first kappa shape index (κ1) is 19.3. The first-order chi connectivity index (χ1) is 14.5. The summed E-state index contributed by atoms with van der Waals surface area (Å²) in [7, 11) is 0. The summed E-state index contributed by atoms with van der Waals surface area (Å²) in [6.07, 6.45) is 0. The summed E-state index contributed by atoms with van der Waals surface area (Å²) < 4.78 is 17.6. The smallest absolute Gasteiger partial charge is 0.228 e. The predicted octanol–water partition coefficient (Wildman–Crippen LogP) is 5.57. The van der Waals surface area contributed by atoms with Gasteiger partial charge in [0.05, 0.1) is 0 Å². The van der Waals surface area contributed by atoms with Gasteiger partial charge in [0.15, 0.2) is 0 Å². The Morgan fingerprint density at radius 1 is 0.467 bits per heavy atom. The second-order valence-corrected chi connectivity index (χ2v) is 6.64. The molecule has 0 unspecified atom stereocenters. The van der Waals surface area contributed by atoms with E-state index in [1.165, 1.54) is 0 Å². The molecule has 0 saturated heterocycles. The number of pyridine rings is 4. The highest BCUT2D eigenvalue weighted by Crippen LogP contribution is 2.31. The molecule has 0 aliphatic heterocycles. The van der Waals surface area contributed by atoms with Gasteiger partial charge in [-0.3, -0.25) is 0 Å². The molecule has 7 heteroatoms. The van der Waals surface area contributed by atoms with Crippen LogP contribution < -0.4 is 14.2 Å². The van der Waals surface area contributed by atoms with E-state index < -0.39 is 0 Å². The fraction of sp³-hybridized carbons (Fsp3) is 0.130. The molecule has 30 heavy (non-hydrogen) atoms. The van der Waals surface area contributed by atoms with Crippen LogP contribution in [0.4, 0.5) is 0 Å². The third-order valence-corrected chi connectivity index (χ3v) is 3.98. The van der Waals surface area contributed by atoms with Crippen molar-refractivity contribution in [3.8, 4) is 35.1 Å². The molecule has 4 aromatic heterocycles. The van der Waals surface area contributed by atoms with E-state index >= 15 is 0 Å². The van der Waals surface area contributed by atoms with E-state index in [9.17, 15) is 0 Å². The van der Waals surface area contributed by atoms with Gasteiger partial charge in [-0.15, -0.1) is 0 Å². The summed E-state index contributed by atoms with van der Waals surface area (Å²) >= 11 is 0. The molecule has 4 heterocycles. The highest BCUT2D eigenvalue weighted by atomic mass is 16.5. The molecule has 0 atom stereocenters. The second kappa shape index (κ2) is 8.57. The van der Waals surface area contributed by atoms with E-state index in [0.717, 1.165) is 17.1 Å². The van der Waals surface area contributed by atoms with Crippen LogP contribution in [0.3, 0.4) is 0 Å². The Bertz CT molecular complexity index is 1020. The summed E-state index contributed by atoms with van der Waals surface area (Å²) in [5, 5.41) is 0. The van der Waals surface area contributed by atoms with Crippen molar-refractivity contribution in [3.05, 3.63) is 83.8 Å². The van der Waals surface area contributed by atoms with Crippen LogP contribution in [0.1, 0.15) is 17.1 Å². The van der Waals surface area contributed by atoms with Gasteiger partial charge in [-0.2, -0.15) is 4.98 Å². The third-order valence-electron chi connectivity index (χ3n) is 3.98. The minimum absolute atomic E-state index is 0.279. The van der Waals surface area contributed by atoms with Crippen molar-refractivity contribution in [2.45, 2.75) is 20.8 Å². The van der Waals surface area contributed by atoms with Crippen molar-refractivity contribution < 1.29 is 14.2 Å². The number of aryl methyl sites for hydroxylation is 3. The van der Waals surface area contributed by atoms with Gasteiger partial charge in [0, 0.05) is 47.4 Å². The molecule has 0 amide bonds. The molecular formula is C23H20N4O3. The third kappa shape index (κ3) is 5.08. The highest BCUT2D eigenvalue weighted by molar-refractivity contribution is 5.38. The lowest BCUT2D eigenvalue weighted by Gasteiger charge is -2.11. The zero-order valence-corrected chi connectivity index (χ0v) is 16.9. The maximum Gasteiger partial charge on any atom is 0.228 e. The number of aromatic nitrogens is 4. The van der Waals surface area contributed by atoms with Gasteiger partial charge in [-0.05, 0) is 39.0 Å². The van der Waals surface area contributed by atoms with Gasteiger partial charge in [-0.1, -0.05) is 18.2 Å². The van der Waals surface area contributed by atoms with Crippen molar-refractivity contribution >= 4 is 0 Å². The average molecular weight is 400 g/mol. The maximum absolute atomic E-state index is 5.91. The minimum atomic E-state index is 0.279. The Hall–Kier alpha value is -4.00. The average Bonchev–Trinajstić information content (AvgIpc) is 2.68. The molecule has 0 aromatic carbocycles. The molecule has 0 bridgehead atoms. The fourth-order valence-corrected chi connectivity index (χ4v) is 2.68. The Morgan fingerprint density at radius 2 is 0.867 bits per heavy atom. The molecule has 150 valence electrons. The molecule has 4 aromatic rings. The molecule has 0 fully saturated rings. The Kier molecular flexibility index (Phi) is 5.52. The van der Waals surface area contributed by atoms with Crippen molar-refractivity contribution in [1.29, 1.82) is 0 Å². The number of rotatable bonds is 6. The predicted molar refractivity (Wildman–Crippen MR) is 111 cm³/mol. The lowest BCUT2D eigenvalue weighted by molar-refractivity contribution is 0.396. The molecular weight excluding hydrogens is 380 g/mol. The van der Waals surface area contributed by atoms with Gasteiger partial charge in [0.25, 0.3) is 0 Å². The summed E-state index contributed by atoms with van der Waals surface area (Å²) in [5.41, 5.74) is 2.52. The lowest BCUT2D eigenvalue weighted by atomic mass is 10.4. The van der Waals surface area contributed by atoms with Gasteiger partial charge in [0.1, 0.15) is 5.75 Å². The Labute approximate surface area is 174 Å². The van der Waals surface area contributed by atoms with Gasteiger partial charge >= 0.3 is 0 Å². The van der Waals surface area contributed by atoms with Crippen LogP contribution in [0.25, 0.3) is 0 Å². The first-order valence-corrected chi connectivity index (χ1v) is 9.40. The number of ether oxygens (including phenoxy) is 3. The van der Waals surface area contributed by atoms with Crippen LogP contribution >= 0.6 is 0 Å². The molecule has 7 nitrogen and oxygen atoms in total. The monoisotopic (exact) mass is 400 g/mol. The van der Waals surface area contributed by atoms with Crippen LogP contribution in [0.15, 0.2) is 66.7 Å². The highest BCUT2D eigenvalue weighted by Gasteiger charge is 2.11. The van der Waals surface area contributed by atoms with Gasteiger partial charge in [0.2, 0.25) is 29.4 Å². The first-order valence-electron chi connectivity index (χ1n) is 9.40. The van der Waals surface area contributed by atoms with E-state index in [-0.39, 0.29) is 11.8 Å². The molecule has 0 N–H and O–H groups in total. The summed E-state index contributed by atoms with van der Waals surface area (Å²) in [6, 6.07) is 19.9. The van der Waals surface area contributed by atoms with Crippen LogP contribution in [-0.2, 0) is 0 Å². The molecule has 0 radical (unpaired) electrons. The Morgan fingerprint density at radius 3 is 1.27 bits per heavy atom. The van der Waals surface area contributed by atoms with Gasteiger partial charge < -0.3 is 14.2 Å². The van der Waals surface area contributed by atoms with Crippen LogP contribution in [0, 0.1) is 20.8 Å². The zero-order chi connectivity index (χ0) is 20.9. The van der Waals surface area contributed by atoms with E-state index in [1.807, 2.05) is 57.2 Å². The second-order valence-electron chi connectivity index (χ2n) is 6.64. The number of hydrogen-bond acceptors (Lipinski definition) is 7. The molecule has 0 saturated carbocycles. The standard InChI is InChI=1S/C23H20N4O3/c1-15-7-4-10-19(24-15)28-18-13-22(29-20-11-5-8-16(2)25-20)27-23(14-18)30-21-12-6-9-17(3)26-21/h4-14H,1-3H3. The van der Waals surface area contributed by atoms with E-state index in [2.05, 4.69) is 19.9 Å². The molecule has 4 rings (SSSR count). The molecule has 0 aliphatic rings. The molecule has 0 spiro atoms. The van der Waals surface area contributed by atoms with E-state index in [4.69, 9.17) is 14.2 Å². The van der Waals surface area contributed by atoms with E-state index in [0.29, 0.717) is 23.4 Å². The largest absolute Gasteiger partial charge is 0.439 e. The number of nitrogens with zero attached hydrogens (tertiary/aromatic N) is 4. The van der Waals surface area contributed by atoms with E-state index in [1.54, 1.807) is 30.3 Å². The van der Waals surface area contributed by atoms with Gasteiger partial charge in [-0.25, -0.2) is 15.0 Å². The topological polar surface area (TPSA) is 79.2 Å². The maximum atomic E-state index is 5.91. The van der Waals surface area contributed by atoms with Crippen molar-refractivity contribution in [2.24, 2.45) is 0 Å². The van der Waals surface area contributed by atoms with Crippen LogP contribution in [0.2, 0.25) is 0 Å². The van der Waals surface area contributed by atoms with Crippen molar-refractivity contribution in [2.75, 3.05) is 0 Å². The lowest BCUT2D eigenvalue weighted by Crippen LogP contribution is -1.97. The van der Waals surface area contributed by atoms with Crippen LogP contribution in [0.5, 0.6) is 35.1 Å². The number of hydrogen-bond donors (Lipinski definition) is 0. The zero-order valence-electron chi connectivity index (χ0n) is 16.9. The fourth-order valence-electron chi connectivity index (χ4n) is 2.68. The normalized spacial score (nSPS) is 10.5. The van der Waals surface area contributed by atoms with Crippen molar-refractivity contribution in [1.82, 2.24) is 19.9 Å². The Balaban J connectivity index is 1.67. The molecule has 0 aliphatic carbocycles.